The minimum Gasteiger partial charge on any atom is -0.387 e. The maximum absolute atomic E-state index is 3.36. The van der Waals surface area contributed by atoms with Crippen molar-refractivity contribution in [1.29, 1.82) is 0 Å². The largest absolute Gasteiger partial charge is 0.387 e. The minimum atomic E-state index is 0.252. The summed E-state index contributed by atoms with van der Waals surface area (Å²) in [6.07, 6.45) is 29.0. The maximum atomic E-state index is 3.36. The first-order valence-corrected chi connectivity index (χ1v) is 15.0. The third-order valence-corrected chi connectivity index (χ3v) is 9.46. The molecule has 1 N–H and O–H groups in total. The highest BCUT2D eigenvalue weighted by Gasteiger charge is 2.35. The molecule has 200 valence electrons. The van der Waals surface area contributed by atoms with Crippen LogP contribution in [-0.4, -0.2) is 6.54 Å². The zero-order valence-corrected chi connectivity index (χ0v) is 24.0. The molecular formula is C39H39N. The van der Waals surface area contributed by atoms with Crippen molar-refractivity contribution in [3.63, 3.8) is 0 Å². The molecule has 3 unspecified atom stereocenters. The number of allylic oxidation sites excluding steroid dienone is 11. The van der Waals surface area contributed by atoms with Gasteiger partial charge >= 0.3 is 0 Å². The molecule has 2 aromatic carbocycles. The SMILES string of the molecule is CC(C)(C)C1C=CC=C(C2=c3ccccc3=C(C3=Cc4cc(C5=CNCC=C5)ccc4CC3)C3C=CC=CC23)C1. The smallest absolute Gasteiger partial charge is 0.0328 e. The fourth-order valence-corrected chi connectivity index (χ4v) is 7.25. The van der Waals surface area contributed by atoms with Crippen LogP contribution in [0.25, 0.3) is 22.8 Å². The van der Waals surface area contributed by atoms with Gasteiger partial charge in [0.25, 0.3) is 0 Å². The minimum absolute atomic E-state index is 0.252. The molecule has 3 atom stereocenters. The van der Waals surface area contributed by atoms with E-state index in [1.165, 1.54) is 55.0 Å². The summed E-state index contributed by atoms with van der Waals surface area (Å²) in [4.78, 5) is 0. The van der Waals surface area contributed by atoms with E-state index in [-0.39, 0.29) is 5.41 Å². The van der Waals surface area contributed by atoms with Gasteiger partial charge in [-0.15, -0.1) is 0 Å². The Kier molecular flexibility index (Phi) is 6.27. The number of fused-ring (bicyclic) bond motifs is 3. The summed E-state index contributed by atoms with van der Waals surface area (Å²) in [5.41, 5.74) is 11.7. The van der Waals surface area contributed by atoms with Crippen molar-refractivity contribution < 1.29 is 0 Å². The molecular weight excluding hydrogens is 482 g/mol. The Morgan fingerprint density at radius 1 is 0.800 bits per heavy atom. The molecule has 1 nitrogen and oxygen atoms in total. The van der Waals surface area contributed by atoms with Gasteiger partial charge in [-0.05, 0) is 91.7 Å². The number of benzene rings is 2. The van der Waals surface area contributed by atoms with Gasteiger partial charge in [-0.1, -0.05) is 118 Å². The molecule has 40 heavy (non-hydrogen) atoms. The Morgan fingerprint density at radius 2 is 1.55 bits per heavy atom. The van der Waals surface area contributed by atoms with E-state index < -0.39 is 0 Å². The first kappa shape index (κ1) is 25.1. The number of hydrogen-bond acceptors (Lipinski definition) is 1. The second-order valence-corrected chi connectivity index (χ2v) is 12.9. The summed E-state index contributed by atoms with van der Waals surface area (Å²) in [5.74, 6) is 1.28. The van der Waals surface area contributed by atoms with E-state index in [9.17, 15) is 0 Å². The molecule has 1 aliphatic heterocycles. The van der Waals surface area contributed by atoms with Crippen LogP contribution < -0.4 is 15.8 Å². The third kappa shape index (κ3) is 4.42. The Labute approximate surface area is 239 Å². The second kappa shape index (κ2) is 9.97. The molecule has 0 saturated heterocycles. The summed E-state index contributed by atoms with van der Waals surface area (Å²) in [6.45, 7) is 8.03. The molecule has 0 saturated carbocycles. The van der Waals surface area contributed by atoms with Crippen LogP contribution in [0.3, 0.4) is 0 Å². The average molecular weight is 522 g/mol. The molecule has 0 amide bonds. The van der Waals surface area contributed by atoms with Gasteiger partial charge in [0, 0.05) is 24.6 Å². The first-order chi connectivity index (χ1) is 19.5. The van der Waals surface area contributed by atoms with Gasteiger partial charge in [-0.3, -0.25) is 0 Å². The molecule has 1 heteroatoms. The van der Waals surface area contributed by atoms with Crippen LogP contribution in [0.15, 0.2) is 114 Å². The quantitative estimate of drug-likeness (QED) is 0.443. The first-order valence-electron chi connectivity index (χ1n) is 15.0. The van der Waals surface area contributed by atoms with E-state index >= 15 is 0 Å². The fraction of sp³-hybridized carbons (Fsp3) is 0.282. The summed E-state index contributed by atoms with van der Waals surface area (Å²) in [6, 6.07) is 16.2. The summed E-state index contributed by atoms with van der Waals surface area (Å²) in [5, 5.41) is 6.22. The summed E-state index contributed by atoms with van der Waals surface area (Å²) < 4.78 is 0. The molecule has 2 aromatic rings. The van der Waals surface area contributed by atoms with Gasteiger partial charge in [0.2, 0.25) is 0 Å². The van der Waals surface area contributed by atoms with E-state index in [1.54, 1.807) is 0 Å². The number of nitrogens with one attached hydrogen (secondary N) is 1. The van der Waals surface area contributed by atoms with Crippen LogP contribution in [0.2, 0.25) is 0 Å². The highest BCUT2D eigenvalue weighted by atomic mass is 14.8. The monoisotopic (exact) mass is 521 g/mol. The molecule has 4 aliphatic carbocycles. The standard InChI is InChI=1S/C39H39N/c1-39(2,3)32-12-8-10-28(24-32)37-33-13-4-6-15-35(33)38(36-16-7-5-14-34(36)37)29-20-18-26-17-19-27(22-31(26)23-29)30-11-9-21-40-25-30/h4-17,19,22-23,25,32-33,35,40H,18,20-21,24H2,1-3H3. The van der Waals surface area contributed by atoms with Gasteiger partial charge in [0.1, 0.15) is 0 Å². The van der Waals surface area contributed by atoms with Crippen LogP contribution in [0, 0.1) is 23.2 Å². The highest BCUT2D eigenvalue weighted by molar-refractivity contribution is 5.86. The normalized spacial score (nSPS) is 24.9. The van der Waals surface area contributed by atoms with Gasteiger partial charge in [0.05, 0.1) is 0 Å². The van der Waals surface area contributed by atoms with E-state index in [4.69, 9.17) is 0 Å². The van der Waals surface area contributed by atoms with Gasteiger partial charge < -0.3 is 5.32 Å². The fourth-order valence-electron chi connectivity index (χ4n) is 7.25. The lowest BCUT2D eigenvalue weighted by atomic mass is 9.66. The van der Waals surface area contributed by atoms with Gasteiger partial charge in [-0.2, -0.15) is 0 Å². The van der Waals surface area contributed by atoms with Crippen molar-refractivity contribution >= 4 is 22.8 Å². The number of rotatable bonds is 3. The number of aryl methyl sites for hydroxylation is 1. The summed E-state index contributed by atoms with van der Waals surface area (Å²) >= 11 is 0. The molecule has 0 bridgehead atoms. The molecule has 7 rings (SSSR count). The Hall–Kier alpha value is -3.84. The van der Waals surface area contributed by atoms with Crippen molar-refractivity contribution in [2.45, 2.75) is 40.0 Å². The lowest BCUT2D eigenvalue weighted by Crippen LogP contribution is -2.41. The van der Waals surface area contributed by atoms with Crippen LogP contribution in [0.1, 0.15) is 50.3 Å². The van der Waals surface area contributed by atoms with Crippen molar-refractivity contribution in [3.8, 4) is 0 Å². The number of hydrogen-bond donors (Lipinski definition) is 1. The zero-order valence-electron chi connectivity index (χ0n) is 24.0. The summed E-state index contributed by atoms with van der Waals surface area (Å²) in [7, 11) is 0. The van der Waals surface area contributed by atoms with Crippen LogP contribution in [0.5, 0.6) is 0 Å². The van der Waals surface area contributed by atoms with E-state index in [0.717, 1.165) is 25.8 Å². The van der Waals surface area contributed by atoms with Crippen LogP contribution in [-0.2, 0) is 6.42 Å². The van der Waals surface area contributed by atoms with E-state index in [2.05, 4.69) is 136 Å². The molecule has 5 aliphatic rings. The Balaban J connectivity index is 1.40. The maximum Gasteiger partial charge on any atom is 0.0328 e. The van der Waals surface area contributed by atoms with Crippen molar-refractivity contribution in [2.75, 3.05) is 6.54 Å². The second-order valence-electron chi connectivity index (χ2n) is 12.9. The van der Waals surface area contributed by atoms with Crippen molar-refractivity contribution in [2.24, 2.45) is 23.2 Å². The molecule has 0 aromatic heterocycles. The third-order valence-electron chi connectivity index (χ3n) is 9.46. The van der Waals surface area contributed by atoms with Crippen LogP contribution >= 0.6 is 0 Å². The Morgan fingerprint density at radius 3 is 2.25 bits per heavy atom. The molecule has 0 fully saturated rings. The average Bonchev–Trinajstić information content (AvgIpc) is 2.99. The molecule has 0 spiro atoms. The number of dihydropyridines is 1. The lowest BCUT2D eigenvalue weighted by molar-refractivity contribution is 0.290. The van der Waals surface area contributed by atoms with Crippen LogP contribution in [0.4, 0.5) is 0 Å². The topological polar surface area (TPSA) is 12.0 Å². The predicted octanol–water partition coefficient (Wildman–Crippen LogP) is 7.44. The van der Waals surface area contributed by atoms with E-state index in [1.807, 2.05) is 0 Å². The molecule has 1 heterocycles. The highest BCUT2D eigenvalue weighted by Crippen LogP contribution is 2.46. The van der Waals surface area contributed by atoms with Gasteiger partial charge in [-0.25, -0.2) is 0 Å². The van der Waals surface area contributed by atoms with Crippen molar-refractivity contribution in [3.05, 3.63) is 142 Å². The Bertz CT molecular complexity index is 1710. The predicted molar refractivity (Wildman–Crippen MR) is 170 cm³/mol. The van der Waals surface area contributed by atoms with Crippen molar-refractivity contribution in [1.82, 2.24) is 5.32 Å². The van der Waals surface area contributed by atoms with Gasteiger partial charge in [0.15, 0.2) is 0 Å². The van der Waals surface area contributed by atoms with E-state index in [0.29, 0.717) is 17.8 Å². The molecule has 0 radical (unpaired) electrons. The zero-order chi connectivity index (χ0) is 27.3. The lowest BCUT2D eigenvalue weighted by Gasteiger charge is -2.38.